The summed E-state index contributed by atoms with van der Waals surface area (Å²) in [6.45, 7) is 0. The number of carboxylic acid groups (broad SMARTS) is 1. The highest BCUT2D eigenvalue weighted by Gasteiger charge is 2.51. The van der Waals surface area contributed by atoms with E-state index in [0.717, 1.165) is 6.07 Å². The van der Waals surface area contributed by atoms with Crippen LogP contribution in [-0.2, 0) is 9.59 Å². The number of carbonyl (C=O) groups is 2. The number of carboxylic acids is 1. The van der Waals surface area contributed by atoms with E-state index in [2.05, 4.69) is 5.32 Å². The van der Waals surface area contributed by atoms with Crippen LogP contribution in [0.1, 0.15) is 6.42 Å². The van der Waals surface area contributed by atoms with E-state index in [4.69, 9.17) is 0 Å². The standard InChI is InChI=1S/C15H12F3NO3/c16-8-3-4-9(13(18)12(8)17)19-14(20)10-6-1-2-7(5-6)11(10)15(21)22/h1-4,6-7,10-11H,5H2,(H,19,20)(H,21,22)/t6-,7+,10-,11-/m0/s1. The minimum Gasteiger partial charge on any atom is -0.481 e. The molecule has 1 fully saturated rings. The fraction of sp³-hybridized carbons (Fsp3) is 0.333. The molecular formula is C15H12F3NO3. The van der Waals surface area contributed by atoms with Gasteiger partial charge in [0.25, 0.3) is 0 Å². The van der Waals surface area contributed by atoms with Crippen LogP contribution in [0.3, 0.4) is 0 Å². The third-order valence-corrected chi connectivity index (χ3v) is 4.34. The fourth-order valence-corrected chi connectivity index (χ4v) is 3.35. The Balaban J connectivity index is 1.85. The molecule has 0 heterocycles. The van der Waals surface area contributed by atoms with E-state index < -0.39 is 46.9 Å². The first-order valence-electron chi connectivity index (χ1n) is 6.75. The van der Waals surface area contributed by atoms with Crippen LogP contribution in [0.25, 0.3) is 0 Å². The Morgan fingerprint density at radius 1 is 1.05 bits per heavy atom. The molecule has 0 radical (unpaired) electrons. The molecule has 2 bridgehead atoms. The summed E-state index contributed by atoms with van der Waals surface area (Å²) in [7, 11) is 0. The number of nitrogens with one attached hydrogen (secondary N) is 1. The van der Waals surface area contributed by atoms with Gasteiger partial charge in [0.05, 0.1) is 17.5 Å². The van der Waals surface area contributed by atoms with Crippen molar-refractivity contribution in [1.82, 2.24) is 0 Å². The van der Waals surface area contributed by atoms with Crippen molar-refractivity contribution in [2.24, 2.45) is 23.7 Å². The summed E-state index contributed by atoms with van der Waals surface area (Å²) in [6.07, 6.45) is 4.09. The Morgan fingerprint density at radius 2 is 1.68 bits per heavy atom. The Labute approximate surface area is 123 Å². The second-order valence-electron chi connectivity index (χ2n) is 5.55. The van der Waals surface area contributed by atoms with Gasteiger partial charge < -0.3 is 10.4 Å². The van der Waals surface area contributed by atoms with Crippen molar-refractivity contribution in [1.29, 1.82) is 0 Å². The monoisotopic (exact) mass is 311 g/mol. The predicted octanol–water partition coefficient (Wildman–Crippen LogP) is 2.57. The number of halogens is 3. The van der Waals surface area contributed by atoms with Gasteiger partial charge in [-0.2, -0.15) is 0 Å². The molecule has 2 N–H and O–H groups in total. The van der Waals surface area contributed by atoms with Gasteiger partial charge in [-0.15, -0.1) is 0 Å². The average molecular weight is 311 g/mol. The quantitative estimate of drug-likeness (QED) is 0.666. The summed E-state index contributed by atoms with van der Waals surface area (Å²) in [5.41, 5.74) is -0.500. The van der Waals surface area contributed by atoms with Crippen LogP contribution in [0.15, 0.2) is 24.3 Å². The van der Waals surface area contributed by atoms with Crippen LogP contribution in [-0.4, -0.2) is 17.0 Å². The molecule has 4 nitrogen and oxygen atoms in total. The number of hydrogen-bond acceptors (Lipinski definition) is 2. The van der Waals surface area contributed by atoms with Crippen LogP contribution in [0.4, 0.5) is 18.9 Å². The second kappa shape index (κ2) is 5.15. The molecule has 0 aliphatic heterocycles. The predicted molar refractivity (Wildman–Crippen MR) is 70.3 cm³/mol. The lowest BCUT2D eigenvalue weighted by Gasteiger charge is -2.24. The van der Waals surface area contributed by atoms with Crippen molar-refractivity contribution in [3.63, 3.8) is 0 Å². The normalized spacial score (nSPS) is 28.9. The molecule has 22 heavy (non-hydrogen) atoms. The van der Waals surface area contributed by atoms with Gasteiger partial charge >= 0.3 is 5.97 Å². The lowest BCUT2D eigenvalue weighted by Crippen LogP contribution is -2.36. The van der Waals surface area contributed by atoms with E-state index in [1.807, 2.05) is 0 Å². The maximum absolute atomic E-state index is 13.6. The first-order chi connectivity index (χ1) is 10.4. The lowest BCUT2D eigenvalue weighted by atomic mass is 9.82. The zero-order chi connectivity index (χ0) is 16.0. The maximum atomic E-state index is 13.6. The van der Waals surface area contributed by atoms with E-state index in [1.165, 1.54) is 0 Å². The van der Waals surface area contributed by atoms with Crippen molar-refractivity contribution in [3.05, 3.63) is 41.7 Å². The summed E-state index contributed by atoms with van der Waals surface area (Å²) < 4.78 is 39.6. The third kappa shape index (κ3) is 2.17. The average Bonchev–Trinajstić information content (AvgIpc) is 3.08. The van der Waals surface area contributed by atoms with Crippen LogP contribution in [0.5, 0.6) is 0 Å². The number of anilines is 1. The molecule has 3 rings (SSSR count). The Morgan fingerprint density at radius 3 is 2.32 bits per heavy atom. The smallest absolute Gasteiger partial charge is 0.307 e. The third-order valence-electron chi connectivity index (χ3n) is 4.34. The first kappa shape index (κ1) is 14.6. The highest BCUT2D eigenvalue weighted by molar-refractivity contribution is 5.96. The van der Waals surface area contributed by atoms with Gasteiger partial charge in [-0.1, -0.05) is 12.2 Å². The summed E-state index contributed by atoms with van der Waals surface area (Å²) in [5.74, 6) is -8.53. The van der Waals surface area contributed by atoms with Crippen molar-refractivity contribution in [2.75, 3.05) is 5.32 Å². The van der Waals surface area contributed by atoms with Crippen molar-refractivity contribution < 1.29 is 27.9 Å². The van der Waals surface area contributed by atoms with Crippen LogP contribution < -0.4 is 5.32 Å². The second-order valence-corrected chi connectivity index (χ2v) is 5.55. The molecule has 0 spiro atoms. The molecule has 116 valence electrons. The largest absolute Gasteiger partial charge is 0.481 e. The maximum Gasteiger partial charge on any atom is 0.307 e. The van der Waals surface area contributed by atoms with Crippen LogP contribution >= 0.6 is 0 Å². The number of carbonyl (C=O) groups excluding carboxylic acids is 1. The molecule has 1 amide bonds. The topological polar surface area (TPSA) is 66.4 Å². The van der Waals surface area contributed by atoms with Crippen molar-refractivity contribution in [2.45, 2.75) is 6.42 Å². The number of aliphatic carboxylic acids is 1. The summed E-state index contributed by atoms with van der Waals surface area (Å²) in [5, 5.41) is 11.4. The Hall–Kier alpha value is -2.31. The molecule has 0 aromatic heterocycles. The van der Waals surface area contributed by atoms with Crippen LogP contribution in [0, 0.1) is 41.1 Å². The molecule has 0 saturated heterocycles. The van der Waals surface area contributed by atoms with Gasteiger partial charge in [0, 0.05) is 0 Å². The molecule has 4 atom stereocenters. The summed E-state index contributed by atoms with van der Waals surface area (Å²) >= 11 is 0. The first-order valence-corrected chi connectivity index (χ1v) is 6.75. The van der Waals surface area contributed by atoms with E-state index in [-0.39, 0.29) is 11.8 Å². The van der Waals surface area contributed by atoms with Gasteiger partial charge in [0.2, 0.25) is 5.91 Å². The van der Waals surface area contributed by atoms with Crippen molar-refractivity contribution in [3.8, 4) is 0 Å². The molecule has 7 heteroatoms. The number of fused-ring (bicyclic) bond motifs is 2. The highest BCUT2D eigenvalue weighted by atomic mass is 19.2. The molecule has 0 unspecified atom stereocenters. The minimum absolute atomic E-state index is 0.229. The van der Waals surface area contributed by atoms with E-state index in [9.17, 15) is 27.9 Å². The number of benzene rings is 1. The van der Waals surface area contributed by atoms with Gasteiger partial charge in [0.15, 0.2) is 17.5 Å². The molecule has 1 saturated carbocycles. The van der Waals surface area contributed by atoms with Crippen LogP contribution in [0.2, 0.25) is 0 Å². The minimum atomic E-state index is -1.68. The number of hydrogen-bond donors (Lipinski definition) is 2. The van der Waals surface area contributed by atoms with Gasteiger partial charge in [-0.05, 0) is 30.4 Å². The van der Waals surface area contributed by atoms with E-state index in [0.29, 0.717) is 12.5 Å². The van der Waals surface area contributed by atoms with E-state index in [1.54, 1.807) is 12.2 Å². The zero-order valence-corrected chi connectivity index (χ0v) is 11.2. The van der Waals surface area contributed by atoms with Gasteiger partial charge in [-0.25, -0.2) is 13.2 Å². The zero-order valence-electron chi connectivity index (χ0n) is 11.2. The molecular weight excluding hydrogens is 299 g/mol. The molecule has 2 aliphatic carbocycles. The number of allylic oxidation sites excluding steroid dienone is 2. The summed E-state index contributed by atoms with van der Waals surface area (Å²) in [4.78, 5) is 23.6. The molecule has 1 aromatic rings. The Bertz CT molecular complexity index is 689. The highest BCUT2D eigenvalue weighted by Crippen LogP contribution is 2.48. The fourth-order valence-electron chi connectivity index (χ4n) is 3.35. The SMILES string of the molecule is O=C(O)[C@@H]1[C@@H](C(=O)Nc2ccc(F)c(F)c2F)[C@H]2C=C[C@@H]1C2. The van der Waals surface area contributed by atoms with Gasteiger partial charge in [0.1, 0.15) is 0 Å². The van der Waals surface area contributed by atoms with Crippen molar-refractivity contribution >= 4 is 17.6 Å². The number of amides is 1. The molecule has 1 aromatic carbocycles. The lowest BCUT2D eigenvalue weighted by molar-refractivity contribution is -0.146. The summed E-state index contributed by atoms with van der Waals surface area (Å²) in [6, 6.07) is 1.61. The van der Waals surface area contributed by atoms with Gasteiger partial charge in [-0.3, -0.25) is 9.59 Å². The van der Waals surface area contributed by atoms with E-state index >= 15 is 0 Å². The molecule has 2 aliphatic rings. The Kier molecular flexibility index (Phi) is 3.42. The number of rotatable bonds is 3.